The van der Waals surface area contributed by atoms with Gasteiger partial charge in [0, 0.05) is 22.1 Å². The highest BCUT2D eigenvalue weighted by atomic mass is 127. The molecule has 0 N–H and O–H groups in total. The molecule has 0 radical (unpaired) electrons. The molecule has 6 heteroatoms. The van der Waals surface area contributed by atoms with Crippen molar-refractivity contribution in [2.45, 2.75) is 18.8 Å². The number of halogens is 4. The molecule has 98 valence electrons. The van der Waals surface area contributed by atoms with Crippen LogP contribution in [0.25, 0.3) is 0 Å². The van der Waals surface area contributed by atoms with Crippen LogP contribution in [0.5, 0.6) is 0 Å². The first-order chi connectivity index (χ1) is 8.39. The molecule has 1 aliphatic heterocycles. The number of nitrogens with zero attached hydrogens (tertiary/aromatic N) is 1. The van der Waals surface area contributed by atoms with Gasteiger partial charge in [-0.25, -0.2) is 8.78 Å². The van der Waals surface area contributed by atoms with Crippen molar-refractivity contribution in [3.8, 4) is 0 Å². The third-order valence-corrected chi connectivity index (χ3v) is 4.39. The molecule has 1 fully saturated rings. The molecule has 2 nitrogen and oxygen atoms in total. The standard InChI is InChI=1S/C12H11ClF2INO/c13-9-3-2-8(6-10(9)16)11(18)17-5-1-4-12(14,15)7-17/h2-3,6H,1,4-5,7H2. The summed E-state index contributed by atoms with van der Waals surface area (Å²) in [5.74, 6) is -3.13. The van der Waals surface area contributed by atoms with Crippen LogP contribution in [-0.4, -0.2) is 29.8 Å². The van der Waals surface area contributed by atoms with Crippen molar-refractivity contribution in [2.75, 3.05) is 13.1 Å². The van der Waals surface area contributed by atoms with E-state index in [0.717, 1.165) is 3.57 Å². The zero-order valence-corrected chi connectivity index (χ0v) is 12.3. The van der Waals surface area contributed by atoms with Crippen molar-refractivity contribution in [2.24, 2.45) is 0 Å². The molecule has 0 saturated carbocycles. The Hall–Kier alpha value is -0.430. The van der Waals surface area contributed by atoms with Gasteiger partial charge in [-0.2, -0.15) is 0 Å². The Morgan fingerprint density at radius 1 is 1.44 bits per heavy atom. The molecule has 2 rings (SSSR count). The summed E-state index contributed by atoms with van der Waals surface area (Å²) in [7, 11) is 0. The maximum Gasteiger partial charge on any atom is 0.265 e. The largest absolute Gasteiger partial charge is 0.333 e. The fraction of sp³-hybridized carbons (Fsp3) is 0.417. The number of piperidine rings is 1. The molecule has 0 aliphatic carbocycles. The number of likely N-dealkylation sites (tertiary alicyclic amines) is 1. The Balaban J connectivity index is 2.18. The minimum absolute atomic E-state index is 0.144. The Morgan fingerprint density at radius 2 is 2.17 bits per heavy atom. The van der Waals surface area contributed by atoms with Crippen LogP contribution in [0.1, 0.15) is 23.2 Å². The van der Waals surface area contributed by atoms with Gasteiger partial charge < -0.3 is 4.90 Å². The molecular weight excluding hydrogens is 374 g/mol. The number of benzene rings is 1. The number of hydrogen-bond acceptors (Lipinski definition) is 1. The number of hydrogen-bond donors (Lipinski definition) is 0. The predicted octanol–water partition coefficient (Wildman–Crippen LogP) is 3.82. The molecule has 0 unspecified atom stereocenters. The Kier molecular flexibility index (Phi) is 4.11. The van der Waals surface area contributed by atoms with E-state index in [9.17, 15) is 13.6 Å². The monoisotopic (exact) mass is 385 g/mol. The van der Waals surface area contributed by atoms with Crippen LogP contribution in [0, 0.1) is 3.57 Å². The first-order valence-electron chi connectivity index (χ1n) is 5.51. The summed E-state index contributed by atoms with van der Waals surface area (Å²) in [6, 6.07) is 4.80. The first kappa shape index (κ1) is 14.0. The molecule has 0 atom stereocenters. The molecular formula is C12H11ClF2INO. The van der Waals surface area contributed by atoms with E-state index in [2.05, 4.69) is 0 Å². The van der Waals surface area contributed by atoms with E-state index in [1.807, 2.05) is 22.6 Å². The second kappa shape index (κ2) is 5.28. The van der Waals surface area contributed by atoms with Crippen LogP contribution >= 0.6 is 34.2 Å². The van der Waals surface area contributed by atoms with E-state index in [-0.39, 0.29) is 12.3 Å². The fourth-order valence-electron chi connectivity index (χ4n) is 1.95. The minimum Gasteiger partial charge on any atom is -0.333 e. The van der Waals surface area contributed by atoms with E-state index in [1.54, 1.807) is 18.2 Å². The third-order valence-electron chi connectivity index (χ3n) is 2.85. The normalized spacial score (nSPS) is 18.8. The molecule has 1 heterocycles. The molecule has 1 amide bonds. The molecule has 0 spiro atoms. The highest BCUT2D eigenvalue weighted by Crippen LogP contribution is 2.28. The van der Waals surface area contributed by atoms with Gasteiger partial charge in [0.25, 0.3) is 11.8 Å². The van der Waals surface area contributed by atoms with Crippen LogP contribution in [0.15, 0.2) is 18.2 Å². The van der Waals surface area contributed by atoms with Crippen LogP contribution in [-0.2, 0) is 0 Å². The van der Waals surface area contributed by atoms with Gasteiger partial charge in [0.15, 0.2) is 0 Å². The summed E-state index contributed by atoms with van der Waals surface area (Å²) in [4.78, 5) is 13.3. The Labute approximate surface area is 122 Å². The number of carbonyl (C=O) groups is 1. The van der Waals surface area contributed by atoms with E-state index >= 15 is 0 Å². The first-order valence-corrected chi connectivity index (χ1v) is 6.97. The topological polar surface area (TPSA) is 20.3 Å². The highest BCUT2D eigenvalue weighted by molar-refractivity contribution is 14.1. The van der Waals surface area contributed by atoms with Crippen molar-refractivity contribution in [3.05, 3.63) is 32.4 Å². The number of rotatable bonds is 1. The van der Waals surface area contributed by atoms with Gasteiger partial charge in [-0.05, 0) is 47.2 Å². The van der Waals surface area contributed by atoms with Gasteiger partial charge in [0.2, 0.25) is 0 Å². The van der Waals surface area contributed by atoms with Crippen molar-refractivity contribution < 1.29 is 13.6 Å². The zero-order valence-electron chi connectivity index (χ0n) is 9.43. The summed E-state index contributed by atoms with van der Waals surface area (Å²) < 4.78 is 27.3. The number of carbonyl (C=O) groups excluding carboxylic acids is 1. The summed E-state index contributed by atoms with van der Waals surface area (Å²) in [5.41, 5.74) is 0.404. The fourth-order valence-corrected chi connectivity index (χ4v) is 2.58. The van der Waals surface area contributed by atoms with Crippen LogP contribution in [0.3, 0.4) is 0 Å². The lowest BCUT2D eigenvalue weighted by Crippen LogP contribution is -2.45. The Bertz CT molecular complexity index is 481. The van der Waals surface area contributed by atoms with Crippen LogP contribution in [0.4, 0.5) is 8.78 Å². The van der Waals surface area contributed by atoms with Crippen molar-refractivity contribution in [1.29, 1.82) is 0 Å². The zero-order chi connectivity index (χ0) is 13.3. The summed E-state index contributed by atoms with van der Waals surface area (Å²) in [6.07, 6.45) is 0.193. The molecule has 18 heavy (non-hydrogen) atoms. The van der Waals surface area contributed by atoms with Crippen LogP contribution in [0.2, 0.25) is 5.02 Å². The molecule has 0 aromatic heterocycles. The maximum absolute atomic E-state index is 13.3. The molecule has 1 saturated heterocycles. The van der Waals surface area contributed by atoms with Gasteiger partial charge in [-0.3, -0.25) is 4.79 Å². The van der Waals surface area contributed by atoms with Crippen LogP contribution < -0.4 is 0 Å². The lowest BCUT2D eigenvalue weighted by Gasteiger charge is -2.32. The lowest BCUT2D eigenvalue weighted by atomic mass is 10.1. The summed E-state index contributed by atoms with van der Waals surface area (Å²) in [6.45, 7) is -0.112. The maximum atomic E-state index is 13.3. The van der Waals surface area contributed by atoms with Gasteiger partial charge in [-0.1, -0.05) is 11.6 Å². The molecule has 1 aliphatic rings. The van der Waals surface area contributed by atoms with Gasteiger partial charge in [0.1, 0.15) is 0 Å². The molecule has 1 aromatic carbocycles. The van der Waals surface area contributed by atoms with Crippen molar-refractivity contribution in [1.82, 2.24) is 4.90 Å². The quantitative estimate of drug-likeness (QED) is 0.673. The third kappa shape index (κ3) is 3.12. The highest BCUT2D eigenvalue weighted by Gasteiger charge is 2.37. The molecule has 1 aromatic rings. The van der Waals surface area contributed by atoms with E-state index in [0.29, 0.717) is 23.6 Å². The molecule has 0 bridgehead atoms. The average molecular weight is 386 g/mol. The minimum atomic E-state index is -2.77. The van der Waals surface area contributed by atoms with Gasteiger partial charge >= 0.3 is 0 Å². The number of alkyl halides is 2. The second-order valence-electron chi connectivity index (χ2n) is 4.32. The lowest BCUT2D eigenvalue weighted by molar-refractivity contribution is -0.0560. The van der Waals surface area contributed by atoms with Crippen molar-refractivity contribution in [3.63, 3.8) is 0 Å². The predicted molar refractivity (Wildman–Crippen MR) is 74.3 cm³/mol. The number of amides is 1. The van der Waals surface area contributed by atoms with E-state index in [1.165, 1.54) is 4.90 Å². The summed E-state index contributed by atoms with van der Waals surface area (Å²) >= 11 is 7.87. The van der Waals surface area contributed by atoms with Gasteiger partial charge in [0.05, 0.1) is 11.6 Å². The average Bonchev–Trinajstić information content (AvgIpc) is 2.30. The SMILES string of the molecule is O=C(c1ccc(Cl)c(I)c1)N1CCCC(F)(F)C1. The van der Waals surface area contributed by atoms with E-state index in [4.69, 9.17) is 11.6 Å². The van der Waals surface area contributed by atoms with E-state index < -0.39 is 12.5 Å². The van der Waals surface area contributed by atoms with Crippen molar-refractivity contribution >= 4 is 40.1 Å². The van der Waals surface area contributed by atoms with Gasteiger partial charge in [-0.15, -0.1) is 0 Å². The summed E-state index contributed by atoms with van der Waals surface area (Å²) in [5, 5.41) is 0.552. The second-order valence-corrected chi connectivity index (χ2v) is 5.88. The Morgan fingerprint density at radius 3 is 2.78 bits per heavy atom. The smallest absolute Gasteiger partial charge is 0.265 e.